The summed E-state index contributed by atoms with van der Waals surface area (Å²) in [6, 6.07) is 0. The molecular formula is C6H19BaNO. The number of hydrogen-bond donors (Lipinski definition) is 0. The molecule has 0 radical (unpaired) electrons. The molecule has 2 N–H and O–H groups in total. The molecule has 56 valence electrons. The minimum atomic E-state index is 0. The van der Waals surface area contributed by atoms with E-state index >= 15 is 0 Å². The molecule has 9 heavy (non-hydrogen) atoms. The zero-order chi connectivity index (χ0) is 5.70. The summed E-state index contributed by atoms with van der Waals surface area (Å²) in [5, 5.41) is 0. The molecule has 0 unspecified atom stereocenters. The molecule has 0 fully saturated rings. The molecule has 0 aliphatic heterocycles. The van der Waals surface area contributed by atoms with Crippen LogP contribution in [0.2, 0.25) is 0 Å². The molecule has 0 aromatic rings. The van der Waals surface area contributed by atoms with Crippen LogP contribution >= 0.6 is 0 Å². The summed E-state index contributed by atoms with van der Waals surface area (Å²) >= 11 is 0. The summed E-state index contributed by atoms with van der Waals surface area (Å²) in [6.45, 7) is 10.1. The Kier molecular flexibility index (Phi) is 22.8. The second-order valence-corrected chi connectivity index (χ2v) is 1.62. The number of rotatable bonds is 3. The molecule has 0 aromatic heterocycles. The predicted octanol–water partition coefficient (Wildman–Crippen LogP) is -0.393. The van der Waals surface area contributed by atoms with Gasteiger partial charge in [-0.1, -0.05) is 20.8 Å². The van der Waals surface area contributed by atoms with Crippen molar-refractivity contribution in [1.82, 2.24) is 4.90 Å². The van der Waals surface area contributed by atoms with E-state index in [2.05, 4.69) is 25.7 Å². The van der Waals surface area contributed by atoms with E-state index in [0.29, 0.717) is 0 Å². The van der Waals surface area contributed by atoms with Crippen molar-refractivity contribution in [2.45, 2.75) is 20.8 Å². The van der Waals surface area contributed by atoms with Crippen LogP contribution in [0.4, 0.5) is 0 Å². The monoisotopic (exact) mass is 259 g/mol. The van der Waals surface area contributed by atoms with Gasteiger partial charge >= 0.3 is 48.9 Å². The third-order valence-corrected chi connectivity index (χ3v) is 1.34. The van der Waals surface area contributed by atoms with Crippen LogP contribution in [0.25, 0.3) is 0 Å². The number of hydrogen-bond acceptors (Lipinski definition) is 1. The van der Waals surface area contributed by atoms with E-state index in [4.69, 9.17) is 0 Å². The molecule has 3 heteroatoms. The van der Waals surface area contributed by atoms with Gasteiger partial charge in [-0.3, -0.25) is 0 Å². The first-order valence-electron chi connectivity index (χ1n) is 3.07. The standard InChI is InChI=1S/C6H15N.Ba.H2O.2H/c1-4-7(5-2)6-3;;;;/h4-6H2,1-3H3;;1H2;;. The predicted molar refractivity (Wildman–Crippen MR) is 45.6 cm³/mol. The van der Waals surface area contributed by atoms with E-state index in [0.717, 1.165) is 0 Å². The summed E-state index contributed by atoms with van der Waals surface area (Å²) in [7, 11) is 0. The molecule has 2 nitrogen and oxygen atoms in total. The van der Waals surface area contributed by atoms with Crippen molar-refractivity contribution in [1.29, 1.82) is 0 Å². The maximum absolute atomic E-state index is 2.38. The zero-order valence-corrected chi connectivity index (χ0v) is 6.07. The van der Waals surface area contributed by atoms with Crippen molar-refractivity contribution in [2.75, 3.05) is 19.6 Å². The second kappa shape index (κ2) is 12.2. The van der Waals surface area contributed by atoms with E-state index in [1.807, 2.05) is 0 Å². The molecule has 0 atom stereocenters. The Balaban J connectivity index is -0.000000180. The van der Waals surface area contributed by atoms with Gasteiger partial charge in [-0.15, -0.1) is 0 Å². The molecule has 0 saturated carbocycles. The fraction of sp³-hybridized carbons (Fsp3) is 1.00. The summed E-state index contributed by atoms with van der Waals surface area (Å²) in [6.07, 6.45) is 0. The van der Waals surface area contributed by atoms with Gasteiger partial charge in [0.25, 0.3) is 0 Å². The second-order valence-electron chi connectivity index (χ2n) is 1.62. The average molecular weight is 259 g/mol. The van der Waals surface area contributed by atoms with Crippen molar-refractivity contribution in [3.05, 3.63) is 0 Å². The van der Waals surface area contributed by atoms with Crippen molar-refractivity contribution in [2.24, 2.45) is 0 Å². The van der Waals surface area contributed by atoms with Crippen molar-refractivity contribution < 1.29 is 5.48 Å². The van der Waals surface area contributed by atoms with Crippen LogP contribution in [-0.2, 0) is 0 Å². The SMILES string of the molecule is CCN(CC)CC.O.[BaH2]. The van der Waals surface area contributed by atoms with Gasteiger partial charge < -0.3 is 10.4 Å². The average Bonchev–Trinajstić information content (AvgIpc) is 1.72. The van der Waals surface area contributed by atoms with E-state index in [1.165, 1.54) is 19.6 Å². The summed E-state index contributed by atoms with van der Waals surface area (Å²) in [5.74, 6) is 0. The zero-order valence-electron chi connectivity index (χ0n) is 6.07. The van der Waals surface area contributed by atoms with E-state index in [1.54, 1.807) is 0 Å². The normalized spacial score (nSPS) is 8.00. The van der Waals surface area contributed by atoms with Crippen molar-refractivity contribution in [3.63, 3.8) is 0 Å². The third-order valence-electron chi connectivity index (χ3n) is 1.34. The van der Waals surface area contributed by atoms with E-state index < -0.39 is 0 Å². The van der Waals surface area contributed by atoms with Crippen molar-refractivity contribution >= 4 is 48.9 Å². The van der Waals surface area contributed by atoms with Gasteiger partial charge in [0.2, 0.25) is 0 Å². The quantitative estimate of drug-likeness (QED) is 0.635. The summed E-state index contributed by atoms with van der Waals surface area (Å²) in [5.41, 5.74) is 0. The molecule has 0 amide bonds. The molecule has 0 spiro atoms. The molecule has 0 aliphatic rings. The van der Waals surface area contributed by atoms with Crippen LogP contribution in [-0.4, -0.2) is 78.9 Å². The Morgan fingerprint density at radius 3 is 1.11 bits per heavy atom. The van der Waals surface area contributed by atoms with Crippen molar-refractivity contribution in [3.8, 4) is 0 Å². The van der Waals surface area contributed by atoms with Crippen LogP contribution in [0.1, 0.15) is 20.8 Å². The molecule has 0 bridgehead atoms. The van der Waals surface area contributed by atoms with Crippen LogP contribution < -0.4 is 0 Å². The molecule has 0 heterocycles. The maximum atomic E-state index is 2.38. The van der Waals surface area contributed by atoms with Crippen LogP contribution in [0.3, 0.4) is 0 Å². The van der Waals surface area contributed by atoms with Crippen LogP contribution in [0.5, 0.6) is 0 Å². The van der Waals surface area contributed by atoms with Gasteiger partial charge in [0.05, 0.1) is 0 Å². The molecule has 0 aliphatic carbocycles. The van der Waals surface area contributed by atoms with Gasteiger partial charge in [-0.2, -0.15) is 0 Å². The van der Waals surface area contributed by atoms with Gasteiger partial charge in [-0.05, 0) is 19.6 Å². The topological polar surface area (TPSA) is 34.7 Å². The summed E-state index contributed by atoms with van der Waals surface area (Å²) in [4.78, 5) is 2.38. The van der Waals surface area contributed by atoms with E-state index in [9.17, 15) is 0 Å². The first-order chi connectivity index (χ1) is 3.35. The first-order valence-corrected chi connectivity index (χ1v) is 3.07. The first kappa shape index (κ1) is 16.8. The Hall–Kier alpha value is 1.49. The van der Waals surface area contributed by atoms with Gasteiger partial charge in [-0.25, -0.2) is 0 Å². The fourth-order valence-electron chi connectivity index (χ4n) is 0.671. The van der Waals surface area contributed by atoms with E-state index in [-0.39, 0.29) is 54.4 Å². The Morgan fingerprint density at radius 2 is 1.11 bits per heavy atom. The Bertz CT molecular complexity index is 34.5. The third kappa shape index (κ3) is 9.49. The molecule has 0 aromatic carbocycles. The minimum absolute atomic E-state index is 0. The Morgan fingerprint density at radius 1 is 0.889 bits per heavy atom. The van der Waals surface area contributed by atoms with Gasteiger partial charge in [0.15, 0.2) is 0 Å². The molecule has 0 saturated heterocycles. The Labute approximate surface area is 98.4 Å². The molecular weight excluding hydrogens is 239 g/mol. The van der Waals surface area contributed by atoms with Gasteiger partial charge in [0, 0.05) is 0 Å². The van der Waals surface area contributed by atoms with Crippen LogP contribution in [0, 0.1) is 0 Å². The van der Waals surface area contributed by atoms with Crippen LogP contribution in [0.15, 0.2) is 0 Å². The molecule has 0 rings (SSSR count). The fourth-order valence-corrected chi connectivity index (χ4v) is 0.671. The summed E-state index contributed by atoms with van der Waals surface area (Å²) < 4.78 is 0. The number of nitrogens with zero attached hydrogens (tertiary/aromatic N) is 1. The van der Waals surface area contributed by atoms with Gasteiger partial charge in [0.1, 0.15) is 0 Å².